The fourth-order valence-electron chi connectivity index (χ4n) is 1.11. The van der Waals surface area contributed by atoms with Gasteiger partial charge in [0, 0.05) is 12.8 Å². The van der Waals surface area contributed by atoms with Crippen molar-refractivity contribution in [3.8, 4) is 0 Å². The predicted octanol–water partition coefficient (Wildman–Crippen LogP) is 1.40. The van der Waals surface area contributed by atoms with E-state index in [2.05, 4.69) is 4.89 Å². The SMILES string of the molecule is CC1(CCCCC=O)OCOO1. The van der Waals surface area contributed by atoms with E-state index in [0.29, 0.717) is 6.42 Å². The minimum Gasteiger partial charge on any atom is -0.318 e. The molecule has 1 heterocycles. The van der Waals surface area contributed by atoms with Crippen molar-refractivity contribution in [3.05, 3.63) is 0 Å². The number of rotatable bonds is 5. The molecule has 1 atom stereocenters. The van der Waals surface area contributed by atoms with Gasteiger partial charge in [0.05, 0.1) is 0 Å². The average molecular weight is 174 g/mol. The van der Waals surface area contributed by atoms with Crippen molar-refractivity contribution in [3.63, 3.8) is 0 Å². The van der Waals surface area contributed by atoms with Crippen molar-refractivity contribution in [1.29, 1.82) is 0 Å². The van der Waals surface area contributed by atoms with Crippen LogP contribution in [0.15, 0.2) is 0 Å². The van der Waals surface area contributed by atoms with Gasteiger partial charge < -0.3 is 9.53 Å². The van der Waals surface area contributed by atoms with Gasteiger partial charge in [-0.2, -0.15) is 4.89 Å². The maximum atomic E-state index is 9.99. The third kappa shape index (κ3) is 2.89. The summed E-state index contributed by atoms with van der Waals surface area (Å²) in [6.45, 7) is 2.03. The lowest BCUT2D eigenvalue weighted by Gasteiger charge is -2.17. The Morgan fingerprint density at radius 1 is 1.50 bits per heavy atom. The molecule has 1 rings (SSSR count). The molecule has 12 heavy (non-hydrogen) atoms. The van der Waals surface area contributed by atoms with Gasteiger partial charge in [-0.15, -0.1) is 0 Å². The predicted molar refractivity (Wildman–Crippen MR) is 41.1 cm³/mol. The highest BCUT2D eigenvalue weighted by atomic mass is 17.3. The summed E-state index contributed by atoms with van der Waals surface area (Å²) in [7, 11) is 0. The molecule has 0 aromatic rings. The lowest BCUT2D eigenvalue weighted by atomic mass is 10.1. The molecule has 1 fully saturated rings. The van der Waals surface area contributed by atoms with Crippen molar-refractivity contribution < 1.29 is 19.3 Å². The number of carbonyl (C=O) groups is 1. The van der Waals surface area contributed by atoms with E-state index >= 15 is 0 Å². The summed E-state index contributed by atoms with van der Waals surface area (Å²) in [6.07, 6.45) is 4.09. The minimum atomic E-state index is -0.594. The van der Waals surface area contributed by atoms with E-state index in [0.717, 1.165) is 25.5 Å². The standard InChI is InChI=1S/C8H14O4/c1-8(10-7-11-12-8)5-3-2-4-6-9/h6H,2-5,7H2,1H3. The molecule has 0 amide bonds. The van der Waals surface area contributed by atoms with Crippen LogP contribution >= 0.6 is 0 Å². The van der Waals surface area contributed by atoms with Gasteiger partial charge in [0.1, 0.15) is 6.29 Å². The van der Waals surface area contributed by atoms with Crippen LogP contribution < -0.4 is 0 Å². The molecule has 4 nitrogen and oxygen atoms in total. The van der Waals surface area contributed by atoms with Crippen LogP contribution in [-0.4, -0.2) is 18.9 Å². The normalized spacial score (nSPS) is 29.1. The molecular weight excluding hydrogens is 160 g/mol. The van der Waals surface area contributed by atoms with Crippen LogP contribution in [-0.2, 0) is 19.3 Å². The summed E-state index contributed by atoms with van der Waals surface area (Å²) in [4.78, 5) is 19.5. The number of ether oxygens (including phenoxy) is 1. The Morgan fingerprint density at radius 2 is 2.33 bits per heavy atom. The van der Waals surface area contributed by atoms with Crippen LogP contribution in [0.2, 0.25) is 0 Å². The molecule has 0 N–H and O–H groups in total. The summed E-state index contributed by atoms with van der Waals surface area (Å²) in [5.74, 6) is -0.594. The minimum absolute atomic E-state index is 0.199. The van der Waals surface area contributed by atoms with Crippen LogP contribution in [0, 0.1) is 0 Å². The van der Waals surface area contributed by atoms with Crippen LogP contribution in [0.1, 0.15) is 32.6 Å². The van der Waals surface area contributed by atoms with Gasteiger partial charge in [-0.3, -0.25) is 0 Å². The van der Waals surface area contributed by atoms with Crippen LogP contribution in [0.3, 0.4) is 0 Å². The van der Waals surface area contributed by atoms with Crippen molar-refractivity contribution in [2.75, 3.05) is 6.79 Å². The fourth-order valence-corrected chi connectivity index (χ4v) is 1.11. The molecular formula is C8H14O4. The molecule has 0 aliphatic carbocycles. The van der Waals surface area contributed by atoms with Crippen molar-refractivity contribution >= 4 is 6.29 Å². The van der Waals surface area contributed by atoms with E-state index in [9.17, 15) is 4.79 Å². The maximum absolute atomic E-state index is 9.99. The van der Waals surface area contributed by atoms with Gasteiger partial charge in [-0.05, 0) is 19.8 Å². The second-order valence-corrected chi connectivity index (χ2v) is 3.01. The quantitative estimate of drug-likeness (QED) is 0.359. The van der Waals surface area contributed by atoms with Crippen LogP contribution in [0.25, 0.3) is 0 Å². The molecule has 70 valence electrons. The van der Waals surface area contributed by atoms with Gasteiger partial charge in [0.15, 0.2) is 6.79 Å². The maximum Gasteiger partial charge on any atom is 0.201 e. The molecule has 1 aliphatic heterocycles. The second-order valence-electron chi connectivity index (χ2n) is 3.01. The molecule has 1 unspecified atom stereocenters. The fraction of sp³-hybridized carbons (Fsp3) is 0.875. The first kappa shape index (κ1) is 9.64. The molecule has 1 aliphatic rings. The van der Waals surface area contributed by atoms with Gasteiger partial charge in [0.2, 0.25) is 5.79 Å². The highest BCUT2D eigenvalue weighted by Crippen LogP contribution is 2.25. The number of carbonyl (C=O) groups excluding carboxylic acids is 1. The Hall–Kier alpha value is -0.450. The first-order chi connectivity index (χ1) is 5.77. The zero-order valence-corrected chi connectivity index (χ0v) is 7.25. The smallest absolute Gasteiger partial charge is 0.201 e. The first-order valence-electron chi connectivity index (χ1n) is 4.15. The van der Waals surface area contributed by atoms with Crippen molar-refractivity contribution in [2.45, 2.75) is 38.4 Å². The molecule has 0 spiro atoms. The summed E-state index contributed by atoms with van der Waals surface area (Å²) >= 11 is 0. The Balaban J connectivity index is 2.08. The van der Waals surface area contributed by atoms with Gasteiger partial charge >= 0.3 is 0 Å². The van der Waals surface area contributed by atoms with E-state index in [-0.39, 0.29) is 6.79 Å². The summed E-state index contributed by atoms with van der Waals surface area (Å²) < 4.78 is 5.19. The Labute approximate surface area is 71.7 Å². The Bertz CT molecular complexity index is 140. The van der Waals surface area contributed by atoms with Crippen LogP contribution in [0.5, 0.6) is 0 Å². The lowest BCUT2D eigenvalue weighted by molar-refractivity contribution is -0.317. The monoisotopic (exact) mass is 174 g/mol. The molecule has 0 radical (unpaired) electrons. The largest absolute Gasteiger partial charge is 0.318 e. The molecule has 1 saturated heterocycles. The second kappa shape index (κ2) is 4.54. The van der Waals surface area contributed by atoms with E-state index in [4.69, 9.17) is 9.62 Å². The third-order valence-corrected chi connectivity index (χ3v) is 1.85. The van der Waals surface area contributed by atoms with E-state index in [1.807, 2.05) is 6.92 Å². The van der Waals surface area contributed by atoms with E-state index in [1.165, 1.54) is 0 Å². The topological polar surface area (TPSA) is 44.8 Å². The third-order valence-electron chi connectivity index (χ3n) is 1.85. The van der Waals surface area contributed by atoms with Crippen molar-refractivity contribution in [1.82, 2.24) is 0 Å². The van der Waals surface area contributed by atoms with Gasteiger partial charge in [-0.1, -0.05) is 0 Å². The first-order valence-corrected chi connectivity index (χ1v) is 4.15. The summed E-state index contributed by atoms with van der Waals surface area (Å²) in [5.41, 5.74) is 0. The average Bonchev–Trinajstić information content (AvgIpc) is 2.47. The van der Waals surface area contributed by atoms with Crippen LogP contribution in [0.4, 0.5) is 0 Å². The van der Waals surface area contributed by atoms with Crippen molar-refractivity contribution in [2.24, 2.45) is 0 Å². The van der Waals surface area contributed by atoms with E-state index in [1.54, 1.807) is 0 Å². The summed E-state index contributed by atoms with van der Waals surface area (Å²) in [6, 6.07) is 0. The summed E-state index contributed by atoms with van der Waals surface area (Å²) in [5, 5.41) is 0. The highest BCUT2D eigenvalue weighted by molar-refractivity contribution is 5.48. The zero-order valence-electron chi connectivity index (χ0n) is 7.25. The molecule has 0 aromatic carbocycles. The number of aldehydes is 1. The number of unbranched alkanes of at least 4 members (excludes halogenated alkanes) is 2. The molecule has 4 heteroatoms. The molecule has 0 bridgehead atoms. The molecule has 0 aromatic heterocycles. The van der Waals surface area contributed by atoms with E-state index < -0.39 is 5.79 Å². The number of hydrogen-bond acceptors (Lipinski definition) is 4. The lowest BCUT2D eigenvalue weighted by Crippen LogP contribution is -2.24. The number of hydrogen-bond donors (Lipinski definition) is 0. The Kier molecular flexibility index (Phi) is 3.65. The Morgan fingerprint density at radius 3 is 2.92 bits per heavy atom. The zero-order chi connectivity index (χ0) is 8.86. The van der Waals surface area contributed by atoms with Gasteiger partial charge in [-0.25, -0.2) is 4.89 Å². The van der Waals surface area contributed by atoms with Gasteiger partial charge in [0.25, 0.3) is 0 Å². The highest BCUT2D eigenvalue weighted by Gasteiger charge is 2.32. The molecule has 0 saturated carbocycles.